The van der Waals surface area contributed by atoms with E-state index in [4.69, 9.17) is 10.00 Å². The molecule has 0 aromatic carbocycles. The normalized spacial score (nSPS) is 26.1. The SMILES string of the molecule is CS(=O)(=O)N1CCCC2(COCCN(c3cccc(C#N)n3)C2)C1. The molecular weight excluding hydrogens is 328 g/mol. The van der Waals surface area contributed by atoms with Gasteiger partial charge in [0.1, 0.15) is 17.6 Å². The zero-order valence-corrected chi connectivity index (χ0v) is 14.6. The van der Waals surface area contributed by atoms with E-state index in [1.54, 1.807) is 10.4 Å². The molecule has 0 bridgehead atoms. The van der Waals surface area contributed by atoms with E-state index >= 15 is 0 Å². The predicted molar refractivity (Wildman–Crippen MR) is 90.1 cm³/mol. The highest BCUT2D eigenvalue weighted by atomic mass is 32.2. The van der Waals surface area contributed by atoms with Crippen LogP contribution >= 0.6 is 0 Å². The van der Waals surface area contributed by atoms with Gasteiger partial charge < -0.3 is 9.64 Å². The number of piperidine rings is 1. The summed E-state index contributed by atoms with van der Waals surface area (Å²) in [6.07, 6.45) is 3.02. The number of hydrogen-bond donors (Lipinski definition) is 0. The zero-order chi connectivity index (χ0) is 17.2. The lowest BCUT2D eigenvalue weighted by atomic mass is 9.81. The first kappa shape index (κ1) is 17.1. The quantitative estimate of drug-likeness (QED) is 0.785. The summed E-state index contributed by atoms with van der Waals surface area (Å²) < 4.78 is 31.3. The molecule has 1 aromatic rings. The second kappa shape index (κ2) is 6.67. The van der Waals surface area contributed by atoms with E-state index in [0.29, 0.717) is 45.1 Å². The molecule has 2 fully saturated rings. The number of sulfonamides is 1. The average Bonchev–Trinajstić information content (AvgIpc) is 2.77. The fourth-order valence-corrected chi connectivity index (χ4v) is 4.51. The summed E-state index contributed by atoms with van der Waals surface area (Å²) in [7, 11) is -3.21. The molecule has 0 radical (unpaired) electrons. The van der Waals surface area contributed by atoms with E-state index in [2.05, 4.69) is 16.0 Å². The fraction of sp³-hybridized carbons (Fsp3) is 0.625. The van der Waals surface area contributed by atoms with Gasteiger partial charge in [-0.1, -0.05) is 6.07 Å². The molecule has 7 nitrogen and oxygen atoms in total. The van der Waals surface area contributed by atoms with Crippen LogP contribution < -0.4 is 4.90 Å². The third kappa shape index (κ3) is 3.69. The van der Waals surface area contributed by atoms with Gasteiger partial charge in [0.25, 0.3) is 0 Å². The number of rotatable bonds is 2. The van der Waals surface area contributed by atoms with Crippen LogP contribution in [0, 0.1) is 16.7 Å². The Labute approximate surface area is 142 Å². The van der Waals surface area contributed by atoms with Crippen LogP contribution in [0.4, 0.5) is 5.82 Å². The minimum atomic E-state index is -3.21. The molecule has 3 rings (SSSR count). The van der Waals surface area contributed by atoms with Crippen molar-refractivity contribution in [3.05, 3.63) is 23.9 Å². The lowest BCUT2D eigenvalue weighted by Crippen LogP contribution is -2.52. The fourth-order valence-electron chi connectivity index (χ4n) is 3.54. The first-order valence-corrected chi connectivity index (χ1v) is 9.92. The molecule has 0 N–H and O–H groups in total. The first-order chi connectivity index (χ1) is 11.4. The molecule has 1 atom stereocenters. The van der Waals surface area contributed by atoms with E-state index in [9.17, 15) is 8.42 Å². The summed E-state index contributed by atoms with van der Waals surface area (Å²) in [6.45, 7) is 3.53. The Kier molecular flexibility index (Phi) is 4.76. The van der Waals surface area contributed by atoms with Crippen molar-refractivity contribution in [3.8, 4) is 6.07 Å². The van der Waals surface area contributed by atoms with Crippen LogP contribution in [0.3, 0.4) is 0 Å². The van der Waals surface area contributed by atoms with Gasteiger partial charge >= 0.3 is 0 Å². The first-order valence-electron chi connectivity index (χ1n) is 8.07. The van der Waals surface area contributed by atoms with E-state index in [1.807, 2.05) is 12.1 Å². The van der Waals surface area contributed by atoms with Crippen molar-refractivity contribution in [3.63, 3.8) is 0 Å². The van der Waals surface area contributed by atoms with Crippen LogP contribution in [-0.4, -0.2) is 63.4 Å². The molecule has 2 aliphatic heterocycles. The molecule has 0 aliphatic carbocycles. The van der Waals surface area contributed by atoms with E-state index in [1.165, 1.54) is 6.26 Å². The number of anilines is 1. The van der Waals surface area contributed by atoms with Crippen LogP contribution in [-0.2, 0) is 14.8 Å². The Morgan fingerprint density at radius 2 is 2.17 bits per heavy atom. The zero-order valence-electron chi connectivity index (χ0n) is 13.8. The largest absolute Gasteiger partial charge is 0.379 e. The Hall–Kier alpha value is -1.69. The van der Waals surface area contributed by atoms with Gasteiger partial charge in [-0.25, -0.2) is 17.7 Å². The van der Waals surface area contributed by atoms with Gasteiger partial charge in [-0.3, -0.25) is 0 Å². The Morgan fingerprint density at radius 1 is 1.33 bits per heavy atom. The van der Waals surface area contributed by atoms with Gasteiger partial charge in [-0.05, 0) is 25.0 Å². The second-order valence-corrected chi connectivity index (χ2v) is 8.65. The number of nitrogens with zero attached hydrogens (tertiary/aromatic N) is 4. The van der Waals surface area contributed by atoms with Crippen molar-refractivity contribution < 1.29 is 13.2 Å². The monoisotopic (exact) mass is 350 g/mol. The van der Waals surface area contributed by atoms with E-state index in [-0.39, 0.29) is 5.41 Å². The highest BCUT2D eigenvalue weighted by molar-refractivity contribution is 7.88. The molecule has 2 aliphatic rings. The lowest BCUT2D eigenvalue weighted by Gasteiger charge is -2.42. The van der Waals surface area contributed by atoms with Crippen molar-refractivity contribution in [2.45, 2.75) is 12.8 Å². The third-order valence-electron chi connectivity index (χ3n) is 4.71. The number of pyridine rings is 1. The standard InChI is InChI=1S/C16H22N4O3S/c1-24(21,22)20-7-3-6-16(12-20)11-19(8-9-23-13-16)15-5-2-4-14(10-17)18-15/h2,4-5H,3,6-9,11-13H2,1H3. The van der Waals surface area contributed by atoms with Gasteiger partial charge in [-0.15, -0.1) is 0 Å². The summed E-state index contributed by atoms with van der Waals surface area (Å²) in [5.74, 6) is 0.746. The predicted octanol–water partition coefficient (Wildman–Crippen LogP) is 0.832. The molecule has 1 aromatic heterocycles. The van der Waals surface area contributed by atoms with Gasteiger partial charge in [0.15, 0.2) is 0 Å². The molecule has 0 amide bonds. The maximum absolute atomic E-state index is 12.0. The highest BCUT2D eigenvalue weighted by Crippen LogP contribution is 2.35. The minimum absolute atomic E-state index is 0.234. The molecular formula is C16H22N4O3S. The highest BCUT2D eigenvalue weighted by Gasteiger charge is 2.41. The van der Waals surface area contributed by atoms with Gasteiger partial charge in [0, 0.05) is 31.6 Å². The van der Waals surface area contributed by atoms with Crippen LogP contribution in [0.5, 0.6) is 0 Å². The van der Waals surface area contributed by atoms with E-state index < -0.39 is 10.0 Å². The summed E-state index contributed by atoms with van der Waals surface area (Å²) in [4.78, 5) is 6.49. The third-order valence-corrected chi connectivity index (χ3v) is 5.96. The number of nitriles is 1. The van der Waals surface area contributed by atoms with Crippen LogP contribution in [0.15, 0.2) is 18.2 Å². The number of aromatic nitrogens is 1. The lowest BCUT2D eigenvalue weighted by molar-refractivity contribution is 0.0352. The second-order valence-electron chi connectivity index (χ2n) is 6.67. The molecule has 3 heterocycles. The summed E-state index contributed by atoms with van der Waals surface area (Å²) in [6, 6.07) is 7.45. The number of hydrogen-bond acceptors (Lipinski definition) is 6. The van der Waals surface area contributed by atoms with Crippen LogP contribution in [0.2, 0.25) is 0 Å². The molecule has 1 spiro atoms. The van der Waals surface area contributed by atoms with Crippen molar-refractivity contribution in [2.24, 2.45) is 5.41 Å². The summed E-state index contributed by atoms with van der Waals surface area (Å²) in [5, 5.41) is 9.05. The Balaban J connectivity index is 1.85. The topological polar surface area (TPSA) is 86.5 Å². The maximum Gasteiger partial charge on any atom is 0.211 e. The maximum atomic E-state index is 12.0. The molecule has 24 heavy (non-hydrogen) atoms. The minimum Gasteiger partial charge on any atom is -0.379 e. The number of ether oxygens (including phenoxy) is 1. The smallest absolute Gasteiger partial charge is 0.211 e. The molecule has 8 heteroatoms. The van der Waals surface area contributed by atoms with Gasteiger partial charge in [0.05, 0.1) is 19.5 Å². The average molecular weight is 350 g/mol. The Bertz CT molecular complexity index is 746. The van der Waals surface area contributed by atoms with E-state index in [0.717, 1.165) is 18.7 Å². The van der Waals surface area contributed by atoms with Gasteiger partial charge in [-0.2, -0.15) is 5.26 Å². The van der Waals surface area contributed by atoms with Crippen molar-refractivity contribution in [2.75, 3.05) is 50.5 Å². The molecule has 2 saturated heterocycles. The van der Waals surface area contributed by atoms with Crippen molar-refractivity contribution in [1.29, 1.82) is 5.26 Å². The molecule has 130 valence electrons. The van der Waals surface area contributed by atoms with Crippen LogP contribution in [0.25, 0.3) is 0 Å². The van der Waals surface area contributed by atoms with Crippen molar-refractivity contribution in [1.82, 2.24) is 9.29 Å². The Morgan fingerprint density at radius 3 is 2.92 bits per heavy atom. The van der Waals surface area contributed by atoms with Crippen LogP contribution in [0.1, 0.15) is 18.5 Å². The molecule has 0 saturated carbocycles. The summed E-state index contributed by atoms with van der Waals surface area (Å²) >= 11 is 0. The van der Waals surface area contributed by atoms with Crippen molar-refractivity contribution >= 4 is 15.8 Å². The van der Waals surface area contributed by atoms with Gasteiger partial charge in [0.2, 0.25) is 10.0 Å². The summed E-state index contributed by atoms with van der Waals surface area (Å²) in [5.41, 5.74) is 0.149. The molecule has 1 unspecified atom stereocenters.